The van der Waals surface area contributed by atoms with Crippen LogP contribution < -0.4 is 16.0 Å². The molecular weight excluding hydrogens is 348 g/mol. The molecule has 0 saturated carbocycles. The summed E-state index contributed by atoms with van der Waals surface area (Å²) in [6, 6.07) is 8.47. The van der Waals surface area contributed by atoms with Gasteiger partial charge < -0.3 is 20.5 Å². The normalized spacial score (nSPS) is 24.3. The van der Waals surface area contributed by atoms with E-state index in [-0.39, 0.29) is 24.0 Å². The van der Waals surface area contributed by atoms with E-state index >= 15 is 0 Å². The first-order valence-electron chi connectivity index (χ1n) is 9.14. The van der Waals surface area contributed by atoms with Crippen molar-refractivity contribution in [2.75, 3.05) is 11.1 Å². The summed E-state index contributed by atoms with van der Waals surface area (Å²) >= 11 is 1.92. The summed E-state index contributed by atoms with van der Waals surface area (Å²) in [5.74, 6) is 1.05. The van der Waals surface area contributed by atoms with E-state index in [1.165, 1.54) is 0 Å². The van der Waals surface area contributed by atoms with E-state index in [0.717, 1.165) is 41.6 Å². The monoisotopic (exact) mass is 372 g/mol. The lowest BCUT2D eigenvalue weighted by Crippen LogP contribution is -2.36. The number of aromatic nitrogens is 1. The molecule has 1 aromatic heterocycles. The molecule has 7 heteroatoms. The van der Waals surface area contributed by atoms with Crippen LogP contribution in [0.25, 0.3) is 10.9 Å². The van der Waals surface area contributed by atoms with Crippen LogP contribution in [0.4, 0.5) is 10.5 Å². The zero-order chi connectivity index (χ0) is 18.1. The predicted molar refractivity (Wildman–Crippen MR) is 106 cm³/mol. The van der Waals surface area contributed by atoms with Crippen LogP contribution in [0.15, 0.2) is 30.5 Å². The van der Waals surface area contributed by atoms with Crippen molar-refractivity contribution in [3.05, 3.63) is 30.5 Å². The fraction of sp³-hybridized carbons (Fsp3) is 0.474. The number of thioether (sulfide) groups is 1. The van der Waals surface area contributed by atoms with Gasteiger partial charge >= 0.3 is 6.03 Å². The minimum absolute atomic E-state index is 0.0419. The number of nitrogens with one attached hydrogen (secondary N) is 3. The molecule has 0 unspecified atom stereocenters. The van der Waals surface area contributed by atoms with Crippen molar-refractivity contribution in [3.8, 4) is 0 Å². The smallest absolute Gasteiger partial charge is 0.315 e. The topological polar surface area (TPSA) is 75.2 Å². The summed E-state index contributed by atoms with van der Waals surface area (Å²) in [6.45, 7) is 0. The van der Waals surface area contributed by atoms with Gasteiger partial charge in [-0.05, 0) is 31.0 Å². The van der Waals surface area contributed by atoms with Gasteiger partial charge in [-0.1, -0.05) is 12.5 Å². The lowest BCUT2D eigenvalue weighted by molar-refractivity contribution is -0.116. The standard InChI is InChI=1S/C19H24N4O2S/c1-23-10-9-12-13(5-4-6-15(12)23)20-17(24)8-3-2-7-16-18-14(11-26-16)21-19(25)22-18/h4-6,9-10,14,16,18H,2-3,7-8,11H2,1H3,(H,20,24)(H2,21,22,25)/t14-,16+,18-/m1/s1. The lowest BCUT2D eigenvalue weighted by Gasteiger charge is -2.16. The second kappa shape index (κ2) is 7.23. The van der Waals surface area contributed by atoms with Crippen LogP contribution in [0.5, 0.6) is 0 Å². The highest BCUT2D eigenvalue weighted by Gasteiger charge is 2.42. The molecule has 1 aromatic carbocycles. The Bertz CT molecular complexity index is 834. The minimum Gasteiger partial charge on any atom is -0.350 e. The summed E-state index contributed by atoms with van der Waals surface area (Å²) in [6.07, 6.45) is 5.43. The number of carbonyl (C=O) groups excluding carboxylic acids is 2. The second-order valence-electron chi connectivity index (χ2n) is 7.08. The Morgan fingerprint density at radius 1 is 1.31 bits per heavy atom. The maximum atomic E-state index is 12.3. The highest BCUT2D eigenvalue weighted by Crippen LogP contribution is 2.33. The Kier molecular flexibility index (Phi) is 4.80. The summed E-state index contributed by atoms with van der Waals surface area (Å²) in [5, 5.41) is 10.6. The Morgan fingerprint density at radius 3 is 3.08 bits per heavy atom. The molecule has 3 N–H and O–H groups in total. The number of nitrogens with zero attached hydrogens (tertiary/aromatic N) is 1. The number of amides is 3. The molecule has 0 bridgehead atoms. The van der Waals surface area contributed by atoms with Gasteiger partial charge in [0.1, 0.15) is 0 Å². The maximum Gasteiger partial charge on any atom is 0.315 e. The number of rotatable bonds is 6. The Balaban J connectivity index is 1.24. The number of anilines is 1. The zero-order valence-corrected chi connectivity index (χ0v) is 15.6. The fourth-order valence-corrected chi connectivity index (χ4v) is 5.44. The van der Waals surface area contributed by atoms with Gasteiger partial charge in [0.2, 0.25) is 5.91 Å². The van der Waals surface area contributed by atoms with Gasteiger partial charge in [0, 0.05) is 41.6 Å². The first kappa shape index (κ1) is 17.3. The van der Waals surface area contributed by atoms with Crippen LogP contribution in [-0.2, 0) is 11.8 Å². The van der Waals surface area contributed by atoms with Crippen molar-refractivity contribution >= 4 is 40.3 Å². The number of urea groups is 1. The Morgan fingerprint density at radius 2 is 2.19 bits per heavy atom. The Hall–Kier alpha value is -2.15. The van der Waals surface area contributed by atoms with Crippen molar-refractivity contribution < 1.29 is 9.59 Å². The average Bonchev–Trinajstić information content (AvgIpc) is 3.28. The van der Waals surface area contributed by atoms with E-state index in [4.69, 9.17) is 0 Å². The summed E-state index contributed by atoms with van der Waals surface area (Å²) < 4.78 is 2.05. The lowest BCUT2D eigenvalue weighted by atomic mass is 10.0. The van der Waals surface area contributed by atoms with Gasteiger partial charge in [0.15, 0.2) is 0 Å². The van der Waals surface area contributed by atoms with E-state index in [0.29, 0.717) is 11.7 Å². The van der Waals surface area contributed by atoms with Gasteiger partial charge in [-0.15, -0.1) is 0 Å². The number of hydrogen-bond donors (Lipinski definition) is 3. The van der Waals surface area contributed by atoms with Gasteiger partial charge in [-0.2, -0.15) is 11.8 Å². The number of aryl methyl sites for hydroxylation is 1. The third-order valence-electron chi connectivity index (χ3n) is 5.28. The van der Waals surface area contributed by atoms with Gasteiger partial charge in [-0.25, -0.2) is 4.79 Å². The molecule has 3 heterocycles. The number of unbranched alkanes of at least 4 members (excludes halogenated alkanes) is 1. The molecule has 26 heavy (non-hydrogen) atoms. The van der Waals surface area contributed by atoms with Crippen LogP contribution >= 0.6 is 11.8 Å². The molecule has 0 spiro atoms. The summed E-state index contributed by atoms with van der Waals surface area (Å²) in [7, 11) is 2.00. The number of benzene rings is 1. The van der Waals surface area contributed by atoms with E-state index in [9.17, 15) is 9.59 Å². The third kappa shape index (κ3) is 3.40. The molecular formula is C19H24N4O2S. The number of fused-ring (bicyclic) bond motifs is 2. The summed E-state index contributed by atoms with van der Waals surface area (Å²) in [5.41, 5.74) is 1.99. The van der Waals surface area contributed by atoms with Gasteiger partial charge in [0.25, 0.3) is 0 Å². The number of carbonyl (C=O) groups is 2. The van der Waals surface area contributed by atoms with E-state index < -0.39 is 0 Å². The SMILES string of the molecule is Cn1ccc2c(NC(=O)CCCC[C@@H]3SC[C@H]4NC(=O)N[C@@H]34)cccc21. The molecule has 138 valence electrons. The van der Waals surface area contributed by atoms with Crippen LogP contribution in [0, 0.1) is 0 Å². The highest BCUT2D eigenvalue weighted by molar-refractivity contribution is 8.00. The van der Waals surface area contributed by atoms with Crippen LogP contribution in [0.2, 0.25) is 0 Å². The van der Waals surface area contributed by atoms with Gasteiger partial charge in [-0.3, -0.25) is 4.79 Å². The van der Waals surface area contributed by atoms with Crippen LogP contribution in [0.1, 0.15) is 25.7 Å². The molecule has 2 fully saturated rings. The molecule has 2 aliphatic heterocycles. The van der Waals surface area contributed by atoms with Crippen molar-refractivity contribution in [3.63, 3.8) is 0 Å². The molecule has 2 saturated heterocycles. The van der Waals surface area contributed by atoms with Crippen molar-refractivity contribution in [1.29, 1.82) is 0 Å². The van der Waals surface area contributed by atoms with Gasteiger partial charge in [0.05, 0.1) is 17.8 Å². The largest absolute Gasteiger partial charge is 0.350 e. The fourth-order valence-electron chi connectivity index (χ4n) is 3.90. The van der Waals surface area contributed by atoms with Crippen LogP contribution in [0.3, 0.4) is 0 Å². The Labute approximate surface area is 157 Å². The molecule has 4 rings (SSSR count). The van der Waals surface area contributed by atoms with Crippen molar-refractivity contribution in [2.24, 2.45) is 7.05 Å². The molecule has 2 aromatic rings. The molecule has 6 nitrogen and oxygen atoms in total. The van der Waals surface area contributed by atoms with Crippen molar-refractivity contribution in [1.82, 2.24) is 15.2 Å². The first-order valence-corrected chi connectivity index (χ1v) is 10.2. The van der Waals surface area contributed by atoms with E-state index in [1.54, 1.807) is 0 Å². The average molecular weight is 372 g/mol. The molecule has 2 aliphatic rings. The maximum absolute atomic E-state index is 12.3. The van der Waals surface area contributed by atoms with Crippen molar-refractivity contribution in [2.45, 2.75) is 43.0 Å². The molecule has 3 atom stereocenters. The highest BCUT2D eigenvalue weighted by atomic mass is 32.2. The second-order valence-corrected chi connectivity index (χ2v) is 8.35. The van der Waals surface area contributed by atoms with E-state index in [1.807, 2.05) is 53.8 Å². The van der Waals surface area contributed by atoms with E-state index in [2.05, 4.69) is 16.0 Å². The van der Waals surface area contributed by atoms with Crippen LogP contribution in [-0.4, -0.2) is 39.6 Å². The quantitative estimate of drug-likeness (QED) is 0.539. The first-order chi connectivity index (χ1) is 12.6. The summed E-state index contributed by atoms with van der Waals surface area (Å²) in [4.78, 5) is 23.7. The number of hydrogen-bond acceptors (Lipinski definition) is 3. The molecule has 0 aliphatic carbocycles. The third-order valence-corrected chi connectivity index (χ3v) is 6.79. The molecule has 3 amide bonds. The predicted octanol–water partition coefficient (Wildman–Crippen LogP) is 2.84. The molecule has 0 radical (unpaired) electrons. The minimum atomic E-state index is -0.0419. The zero-order valence-electron chi connectivity index (χ0n) is 14.8.